The summed E-state index contributed by atoms with van der Waals surface area (Å²) < 4.78 is 0. The number of para-hydroxylation sites is 1. The predicted octanol–water partition coefficient (Wildman–Crippen LogP) is 2.25. The molecule has 114 valence electrons. The number of benzene rings is 1. The van der Waals surface area contributed by atoms with Gasteiger partial charge in [-0.05, 0) is 25.0 Å². The van der Waals surface area contributed by atoms with E-state index in [1.807, 2.05) is 18.2 Å². The quantitative estimate of drug-likeness (QED) is 0.609. The Morgan fingerprint density at radius 2 is 2.14 bits per heavy atom. The predicted molar refractivity (Wildman–Crippen MR) is 87.1 cm³/mol. The van der Waals surface area contributed by atoms with Crippen LogP contribution in [0.1, 0.15) is 24.9 Å². The Balaban J connectivity index is 1.69. The van der Waals surface area contributed by atoms with Crippen molar-refractivity contribution in [2.75, 3.05) is 11.9 Å². The minimum atomic E-state index is -0.254. The molecule has 0 radical (unpaired) electrons. The molecule has 0 bridgehead atoms. The number of aromatic amines is 2. The number of aryl methyl sites for hydroxylation is 2. The first-order valence-corrected chi connectivity index (χ1v) is 7.52. The van der Waals surface area contributed by atoms with Gasteiger partial charge in [-0.3, -0.25) is 9.97 Å². The lowest BCUT2D eigenvalue weighted by Crippen LogP contribution is -2.06. The van der Waals surface area contributed by atoms with E-state index in [-0.39, 0.29) is 5.69 Å². The monoisotopic (exact) mass is 297 g/mol. The van der Waals surface area contributed by atoms with E-state index in [1.165, 1.54) is 0 Å². The molecular formula is C16H19N5O. The fourth-order valence-electron chi connectivity index (χ4n) is 2.46. The van der Waals surface area contributed by atoms with Crippen LogP contribution < -0.4 is 11.0 Å². The molecule has 0 saturated carbocycles. The second-order valence-electron chi connectivity index (χ2n) is 5.19. The third-order valence-corrected chi connectivity index (χ3v) is 3.59. The number of aromatic nitrogens is 4. The Bertz CT molecular complexity index is 821. The molecule has 22 heavy (non-hydrogen) atoms. The van der Waals surface area contributed by atoms with Crippen LogP contribution in [0, 0.1) is 0 Å². The third-order valence-electron chi connectivity index (χ3n) is 3.59. The van der Waals surface area contributed by atoms with Crippen LogP contribution in [-0.2, 0) is 12.8 Å². The van der Waals surface area contributed by atoms with E-state index in [0.29, 0.717) is 5.82 Å². The van der Waals surface area contributed by atoms with Gasteiger partial charge in [-0.25, -0.2) is 9.89 Å². The largest absolute Gasteiger partial charge is 0.384 e. The lowest BCUT2D eigenvalue weighted by atomic mass is 10.1. The van der Waals surface area contributed by atoms with E-state index in [9.17, 15) is 4.79 Å². The number of nitrogens with one attached hydrogen (secondary N) is 3. The second-order valence-corrected chi connectivity index (χ2v) is 5.19. The van der Waals surface area contributed by atoms with E-state index < -0.39 is 0 Å². The standard InChI is InChI=1S/C16H19N5O/c1-2-11-10-14(12-6-3-4-7-13(12)18-11)17-9-5-8-15-19-16(22)21-20-15/h3-4,6-7,10H,2,5,8-9H2,1H3,(H,17,18)(H2,19,20,21,22). The van der Waals surface area contributed by atoms with Crippen molar-refractivity contribution in [3.05, 3.63) is 52.3 Å². The van der Waals surface area contributed by atoms with Gasteiger partial charge >= 0.3 is 5.69 Å². The van der Waals surface area contributed by atoms with Crippen LogP contribution in [0.15, 0.2) is 35.1 Å². The van der Waals surface area contributed by atoms with E-state index in [1.54, 1.807) is 0 Å². The summed E-state index contributed by atoms with van der Waals surface area (Å²) in [4.78, 5) is 18.3. The molecule has 0 atom stereocenters. The van der Waals surface area contributed by atoms with Gasteiger partial charge in [0.1, 0.15) is 5.82 Å². The Labute approximate surface area is 128 Å². The number of hydrogen-bond acceptors (Lipinski definition) is 4. The molecule has 2 aromatic heterocycles. The summed E-state index contributed by atoms with van der Waals surface area (Å²) in [5.41, 5.74) is 2.95. The molecule has 0 aliphatic heterocycles. The molecule has 0 aliphatic carbocycles. The van der Waals surface area contributed by atoms with Crippen molar-refractivity contribution in [1.82, 2.24) is 20.2 Å². The zero-order chi connectivity index (χ0) is 15.4. The first-order chi connectivity index (χ1) is 10.8. The maximum atomic E-state index is 11.0. The summed E-state index contributed by atoms with van der Waals surface area (Å²) in [6, 6.07) is 10.3. The maximum Gasteiger partial charge on any atom is 0.340 e. The molecule has 3 N–H and O–H groups in total. The topological polar surface area (TPSA) is 86.5 Å². The van der Waals surface area contributed by atoms with Crippen molar-refractivity contribution in [3.63, 3.8) is 0 Å². The average Bonchev–Trinajstić information content (AvgIpc) is 2.96. The highest BCUT2D eigenvalue weighted by molar-refractivity contribution is 5.91. The van der Waals surface area contributed by atoms with Crippen LogP contribution in [0.4, 0.5) is 5.69 Å². The number of anilines is 1. The van der Waals surface area contributed by atoms with Gasteiger partial charge in [-0.1, -0.05) is 25.1 Å². The minimum Gasteiger partial charge on any atom is -0.384 e. The van der Waals surface area contributed by atoms with Gasteiger partial charge in [0.25, 0.3) is 0 Å². The minimum absolute atomic E-state index is 0.254. The molecule has 0 spiro atoms. The number of hydrogen-bond donors (Lipinski definition) is 3. The molecular weight excluding hydrogens is 278 g/mol. The number of fused-ring (bicyclic) bond motifs is 1. The van der Waals surface area contributed by atoms with Gasteiger partial charge in [-0.15, -0.1) is 0 Å². The molecule has 0 saturated heterocycles. The number of rotatable bonds is 6. The van der Waals surface area contributed by atoms with E-state index >= 15 is 0 Å². The summed E-state index contributed by atoms with van der Waals surface area (Å²) in [5, 5.41) is 10.9. The highest BCUT2D eigenvalue weighted by Gasteiger charge is 2.04. The number of nitrogens with zero attached hydrogens (tertiary/aromatic N) is 2. The zero-order valence-corrected chi connectivity index (χ0v) is 12.5. The van der Waals surface area contributed by atoms with Crippen molar-refractivity contribution in [2.45, 2.75) is 26.2 Å². The van der Waals surface area contributed by atoms with Crippen LogP contribution in [0.2, 0.25) is 0 Å². The maximum absolute atomic E-state index is 11.0. The molecule has 6 nitrogen and oxygen atoms in total. The third kappa shape index (κ3) is 3.16. The van der Waals surface area contributed by atoms with Crippen LogP contribution >= 0.6 is 0 Å². The zero-order valence-electron chi connectivity index (χ0n) is 12.5. The smallest absolute Gasteiger partial charge is 0.340 e. The van der Waals surface area contributed by atoms with Gasteiger partial charge in [0.2, 0.25) is 0 Å². The second kappa shape index (κ2) is 6.43. The molecule has 3 aromatic rings. The van der Waals surface area contributed by atoms with Crippen molar-refractivity contribution in [3.8, 4) is 0 Å². The van der Waals surface area contributed by atoms with E-state index in [0.717, 1.165) is 48.1 Å². The summed E-state index contributed by atoms with van der Waals surface area (Å²) in [6.45, 7) is 2.92. The number of pyridine rings is 1. The Morgan fingerprint density at radius 3 is 2.91 bits per heavy atom. The molecule has 2 heterocycles. The van der Waals surface area contributed by atoms with Crippen LogP contribution in [-0.4, -0.2) is 26.7 Å². The van der Waals surface area contributed by atoms with E-state index in [4.69, 9.17) is 0 Å². The first kappa shape index (κ1) is 14.3. The molecule has 3 rings (SSSR count). The molecule has 6 heteroatoms. The number of H-pyrrole nitrogens is 2. The van der Waals surface area contributed by atoms with Crippen molar-refractivity contribution in [2.24, 2.45) is 0 Å². The van der Waals surface area contributed by atoms with Crippen LogP contribution in [0.3, 0.4) is 0 Å². The summed E-state index contributed by atoms with van der Waals surface area (Å²) >= 11 is 0. The van der Waals surface area contributed by atoms with E-state index in [2.05, 4.69) is 44.5 Å². The Morgan fingerprint density at radius 1 is 1.27 bits per heavy atom. The van der Waals surface area contributed by atoms with Crippen LogP contribution in [0.25, 0.3) is 10.9 Å². The van der Waals surface area contributed by atoms with Gasteiger partial charge in [-0.2, -0.15) is 5.10 Å². The fourth-order valence-corrected chi connectivity index (χ4v) is 2.46. The lowest BCUT2D eigenvalue weighted by Gasteiger charge is -2.11. The summed E-state index contributed by atoms with van der Waals surface area (Å²) in [6.07, 6.45) is 2.53. The lowest BCUT2D eigenvalue weighted by molar-refractivity contribution is 0.806. The van der Waals surface area contributed by atoms with Crippen molar-refractivity contribution in [1.29, 1.82) is 0 Å². The SMILES string of the molecule is CCc1cc(NCCCc2n[nH]c(=O)[nH]2)c2ccccc2n1. The Kier molecular flexibility index (Phi) is 4.18. The molecule has 0 aliphatic rings. The van der Waals surface area contributed by atoms with Crippen molar-refractivity contribution >= 4 is 16.6 Å². The molecule has 0 amide bonds. The van der Waals surface area contributed by atoms with Gasteiger partial charge in [0.05, 0.1) is 5.52 Å². The highest BCUT2D eigenvalue weighted by atomic mass is 16.1. The fraction of sp³-hybridized carbons (Fsp3) is 0.312. The van der Waals surface area contributed by atoms with Crippen LogP contribution in [0.5, 0.6) is 0 Å². The molecule has 0 fully saturated rings. The van der Waals surface area contributed by atoms with Gasteiger partial charge < -0.3 is 5.32 Å². The molecule has 1 aromatic carbocycles. The average molecular weight is 297 g/mol. The van der Waals surface area contributed by atoms with Crippen molar-refractivity contribution < 1.29 is 0 Å². The molecule has 0 unspecified atom stereocenters. The highest BCUT2D eigenvalue weighted by Crippen LogP contribution is 2.23. The summed E-state index contributed by atoms with van der Waals surface area (Å²) in [5.74, 6) is 0.695. The normalized spacial score (nSPS) is 11.0. The Hall–Kier alpha value is -2.63. The van der Waals surface area contributed by atoms with Gasteiger partial charge in [0, 0.05) is 29.7 Å². The van der Waals surface area contributed by atoms with Gasteiger partial charge in [0.15, 0.2) is 0 Å². The first-order valence-electron chi connectivity index (χ1n) is 7.52. The summed E-state index contributed by atoms with van der Waals surface area (Å²) in [7, 11) is 0.